The van der Waals surface area contributed by atoms with Gasteiger partial charge in [0, 0.05) is 23.2 Å². The van der Waals surface area contributed by atoms with Crippen LogP contribution in [0.2, 0.25) is 0 Å². The van der Waals surface area contributed by atoms with E-state index in [2.05, 4.69) is 36.3 Å². The lowest BCUT2D eigenvalue weighted by molar-refractivity contribution is 0.613. The van der Waals surface area contributed by atoms with Gasteiger partial charge in [0.25, 0.3) is 0 Å². The van der Waals surface area contributed by atoms with Gasteiger partial charge in [-0.1, -0.05) is 13.0 Å². The van der Waals surface area contributed by atoms with Gasteiger partial charge in [0.15, 0.2) is 0 Å². The van der Waals surface area contributed by atoms with Crippen LogP contribution in [-0.4, -0.2) is 12.6 Å². The first-order valence-corrected chi connectivity index (χ1v) is 8.33. The van der Waals surface area contributed by atoms with Crippen LogP contribution in [0, 0.1) is 5.82 Å². The van der Waals surface area contributed by atoms with Crippen molar-refractivity contribution in [2.75, 3.05) is 11.4 Å². The molecular formula is C17H23FN2S. The number of hydrogen-bond acceptors (Lipinski definition) is 3. The van der Waals surface area contributed by atoms with Gasteiger partial charge in [-0.3, -0.25) is 0 Å². The molecule has 2 rings (SSSR count). The van der Waals surface area contributed by atoms with Crippen molar-refractivity contribution in [2.45, 2.75) is 39.3 Å². The van der Waals surface area contributed by atoms with Gasteiger partial charge in [-0.15, -0.1) is 11.3 Å². The zero-order chi connectivity index (χ0) is 15.2. The molecule has 0 spiro atoms. The van der Waals surface area contributed by atoms with E-state index in [4.69, 9.17) is 5.73 Å². The SMILES string of the molecule is CCC(N)Cc1cc(F)ccc1N(CC)Cc1cccs1. The molecule has 0 saturated carbocycles. The number of nitrogens with zero attached hydrogens (tertiary/aromatic N) is 1. The fraction of sp³-hybridized carbons (Fsp3) is 0.412. The topological polar surface area (TPSA) is 29.3 Å². The number of anilines is 1. The minimum Gasteiger partial charge on any atom is -0.366 e. The molecule has 1 unspecified atom stereocenters. The van der Waals surface area contributed by atoms with Gasteiger partial charge in [-0.25, -0.2) is 4.39 Å². The van der Waals surface area contributed by atoms with E-state index in [1.807, 2.05) is 6.07 Å². The lowest BCUT2D eigenvalue weighted by Crippen LogP contribution is -2.26. The second kappa shape index (κ2) is 7.57. The molecule has 1 heterocycles. The third kappa shape index (κ3) is 4.29. The van der Waals surface area contributed by atoms with Crippen molar-refractivity contribution in [3.8, 4) is 0 Å². The molecule has 0 bridgehead atoms. The molecule has 0 amide bonds. The third-order valence-electron chi connectivity index (χ3n) is 3.70. The Labute approximate surface area is 130 Å². The van der Waals surface area contributed by atoms with Crippen LogP contribution in [0.5, 0.6) is 0 Å². The maximum Gasteiger partial charge on any atom is 0.123 e. The summed E-state index contributed by atoms with van der Waals surface area (Å²) in [5, 5.41) is 2.09. The van der Waals surface area contributed by atoms with Crippen molar-refractivity contribution in [2.24, 2.45) is 5.73 Å². The Balaban J connectivity index is 2.26. The van der Waals surface area contributed by atoms with E-state index in [1.165, 1.54) is 10.9 Å². The highest BCUT2D eigenvalue weighted by Gasteiger charge is 2.14. The van der Waals surface area contributed by atoms with Gasteiger partial charge in [-0.05, 0) is 55.0 Å². The normalized spacial score (nSPS) is 12.4. The number of thiophene rings is 1. The van der Waals surface area contributed by atoms with Gasteiger partial charge in [0.05, 0.1) is 6.54 Å². The second-order valence-corrected chi connectivity index (χ2v) is 6.27. The molecule has 1 atom stereocenters. The maximum atomic E-state index is 13.6. The third-order valence-corrected chi connectivity index (χ3v) is 4.56. The Morgan fingerprint density at radius 2 is 2.10 bits per heavy atom. The first-order valence-electron chi connectivity index (χ1n) is 7.45. The molecular weight excluding hydrogens is 283 g/mol. The van der Waals surface area contributed by atoms with Gasteiger partial charge in [0.2, 0.25) is 0 Å². The maximum absolute atomic E-state index is 13.6. The lowest BCUT2D eigenvalue weighted by atomic mass is 10.0. The Morgan fingerprint density at radius 1 is 1.29 bits per heavy atom. The van der Waals surface area contributed by atoms with Gasteiger partial charge < -0.3 is 10.6 Å². The van der Waals surface area contributed by atoms with E-state index in [0.29, 0.717) is 6.42 Å². The highest BCUT2D eigenvalue weighted by atomic mass is 32.1. The van der Waals surface area contributed by atoms with Gasteiger partial charge in [0.1, 0.15) is 5.82 Å². The number of hydrogen-bond donors (Lipinski definition) is 1. The minimum atomic E-state index is -0.191. The fourth-order valence-corrected chi connectivity index (χ4v) is 3.13. The summed E-state index contributed by atoms with van der Waals surface area (Å²) in [5.41, 5.74) is 8.16. The number of rotatable bonds is 7. The Bertz CT molecular complexity index is 554. The molecule has 21 heavy (non-hydrogen) atoms. The molecule has 0 aliphatic heterocycles. The minimum absolute atomic E-state index is 0.0750. The van der Waals surface area contributed by atoms with E-state index in [1.54, 1.807) is 17.4 Å². The molecule has 1 aromatic heterocycles. The molecule has 0 saturated heterocycles. The Morgan fingerprint density at radius 3 is 2.71 bits per heavy atom. The predicted octanol–water partition coefficient (Wildman–Crippen LogP) is 4.19. The van der Waals surface area contributed by atoms with Crippen molar-refractivity contribution in [3.05, 3.63) is 52.0 Å². The molecule has 114 valence electrons. The van der Waals surface area contributed by atoms with Crippen LogP contribution in [0.3, 0.4) is 0 Å². The molecule has 0 fully saturated rings. The second-order valence-electron chi connectivity index (χ2n) is 5.24. The highest BCUT2D eigenvalue weighted by molar-refractivity contribution is 7.09. The first-order chi connectivity index (χ1) is 10.1. The van der Waals surface area contributed by atoms with Crippen molar-refractivity contribution < 1.29 is 4.39 Å². The fourth-order valence-electron chi connectivity index (χ4n) is 2.41. The Hall–Kier alpha value is -1.39. The number of nitrogens with two attached hydrogens (primary N) is 1. The van der Waals surface area contributed by atoms with Crippen molar-refractivity contribution in [1.29, 1.82) is 0 Å². The zero-order valence-corrected chi connectivity index (χ0v) is 13.5. The summed E-state index contributed by atoms with van der Waals surface area (Å²) < 4.78 is 13.6. The number of benzene rings is 1. The molecule has 0 aliphatic rings. The molecule has 4 heteroatoms. The summed E-state index contributed by atoms with van der Waals surface area (Å²) in [4.78, 5) is 3.59. The summed E-state index contributed by atoms with van der Waals surface area (Å²) in [6.07, 6.45) is 1.61. The Kier molecular flexibility index (Phi) is 5.76. The molecule has 2 N–H and O–H groups in total. The van der Waals surface area contributed by atoms with Gasteiger partial charge >= 0.3 is 0 Å². The van der Waals surface area contributed by atoms with Crippen molar-refractivity contribution in [3.63, 3.8) is 0 Å². The average Bonchev–Trinajstić information content (AvgIpc) is 2.98. The van der Waals surface area contributed by atoms with E-state index < -0.39 is 0 Å². The van der Waals surface area contributed by atoms with E-state index >= 15 is 0 Å². The zero-order valence-electron chi connectivity index (χ0n) is 12.7. The predicted molar refractivity (Wildman–Crippen MR) is 89.4 cm³/mol. The first kappa shape index (κ1) is 16.0. The van der Waals surface area contributed by atoms with Crippen LogP contribution in [0.25, 0.3) is 0 Å². The molecule has 2 nitrogen and oxygen atoms in total. The monoisotopic (exact) mass is 306 g/mol. The van der Waals surface area contributed by atoms with Crippen molar-refractivity contribution >= 4 is 17.0 Å². The van der Waals surface area contributed by atoms with Crippen LogP contribution >= 0.6 is 11.3 Å². The van der Waals surface area contributed by atoms with E-state index in [0.717, 1.165) is 30.8 Å². The summed E-state index contributed by atoms with van der Waals surface area (Å²) in [6, 6.07) is 9.31. The van der Waals surface area contributed by atoms with E-state index in [9.17, 15) is 4.39 Å². The lowest BCUT2D eigenvalue weighted by Gasteiger charge is -2.26. The standard InChI is InChI=1S/C17H23FN2S/c1-3-15(19)11-13-10-14(18)7-8-17(13)20(4-2)12-16-6-5-9-21-16/h5-10,15H,3-4,11-12,19H2,1-2H3. The molecule has 0 radical (unpaired) electrons. The number of halogens is 1. The average molecular weight is 306 g/mol. The smallest absolute Gasteiger partial charge is 0.123 e. The van der Waals surface area contributed by atoms with Crippen LogP contribution in [0.4, 0.5) is 10.1 Å². The van der Waals surface area contributed by atoms with Crippen LogP contribution in [0.1, 0.15) is 30.7 Å². The van der Waals surface area contributed by atoms with Crippen LogP contribution in [-0.2, 0) is 13.0 Å². The molecule has 0 aliphatic carbocycles. The quantitative estimate of drug-likeness (QED) is 0.831. The highest BCUT2D eigenvalue weighted by Crippen LogP contribution is 2.26. The summed E-state index contributed by atoms with van der Waals surface area (Å²) >= 11 is 1.75. The molecule has 1 aromatic carbocycles. The summed E-state index contributed by atoms with van der Waals surface area (Å²) in [7, 11) is 0. The largest absolute Gasteiger partial charge is 0.366 e. The van der Waals surface area contributed by atoms with Crippen LogP contribution in [0.15, 0.2) is 35.7 Å². The summed E-state index contributed by atoms with van der Waals surface area (Å²) in [6.45, 7) is 5.93. The van der Waals surface area contributed by atoms with Crippen molar-refractivity contribution in [1.82, 2.24) is 0 Å². The van der Waals surface area contributed by atoms with Gasteiger partial charge in [-0.2, -0.15) is 0 Å². The molecule has 2 aromatic rings. The van der Waals surface area contributed by atoms with E-state index in [-0.39, 0.29) is 11.9 Å². The van der Waals surface area contributed by atoms with Crippen LogP contribution < -0.4 is 10.6 Å². The summed E-state index contributed by atoms with van der Waals surface area (Å²) in [5.74, 6) is -0.191.